The molecule has 0 radical (unpaired) electrons. The van der Waals surface area contributed by atoms with E-state index in [9.17, 15) is 24.0 Å². The molecule has 0 atom stereocenters. The first-order chi connectivity index (χ1) is 12.8. The van der Waals surface area contributed by atoms with Crippen molar-refractivity contribution in [3.05, 3.63) is 56.7 Å². The Morgan fingerprint density at radius 3 is 2.52 bits per heavy atom. The summed E-state index contributed by atoms with van der Waals surface area (Å²) in [5.41, 5.74) is 0.0756. The number of anilines is 1. The topological polar surface area (TPSA) is 142 Å². The monoisotopic (exact) mass is 387 g/mol. The van der Waals surface area contributed by atoms with E-state index >= 15 is 0 Å². The SMILES string of the molecule is Cc1ccc(-n2c(NC(=O)CSC3=NC(=O)C(=O)N3)cc(=O)[nH]c2=O)cc1. The minimum absolute atomic E-state index is 0.00771. The Labute approximate surface area is 155 Å². The summed E-state index contributed by atoms with van der Waals surface area (Å²) in [5.74, 6) is -2.54. The first-order valence-electron chi connectivity index (χ1n) is 7.63. The van der Waals surface area contributed by atoms with Crippen LogP contribution in [0.5, 0.6) is 0 Å². The van der Waals surface area contributed by atoms with Crippen molar-refractivity contribution in [1.82, 2.24) is 14.9 Å². The number of hydrogen-bond donors (Lipinski definition) is 3. The van der Waals surface area contributed by atoms with E-state index in [1.165, 1.54) is 0 Å². The third-order valence-corrected chi connectivity index (χ3v) is 4.33. The second-order valence-electron chi connectivity index (χ2n) is 5.51. The number of thioether (sulfide) groups is 1. The van der Waals surface area contributed by atoms with Gasteiger partial charge in [0.1, 0.15) is 5.82 Å². The molecular formula is C16H13N5O5S. The molecular weight excluding hydrogens is 374 g/mol. The van der Waals surface area contributed by atoms with Crippen LogP contribution >= 0.6 is 11.8 Å². The highest BCUT2D eigenvalue weighted by atomic mass is 32.2. The molecule has 11 heteroatoms. The predicted octanol–water partition coefficient (Wildman–Crippen LogP) is -0.482. The molecule has 0 spiro atoms. The van der Waals surface area contributed by atoms with Gasteiger partial charge in [0.15, 0.2) is 5.17 Å². The van der Waals surface area contributed by atoms with Crippen LogP contribution in [0.2, 0.25) is 0 Å². The van der Waals surface area contributed by atoms with Gasteiger partial charge < -0.3 is 5.32 Å². The van der Waals surface area contributed by atoms with Crippen molar-refractivity contribution in [3.8, 4) is 5.69 Å². The smallest absolute Gasteiger partial charge is 0.311 e. The largest absolute Gasteiger partial charge is 0.337 e. The molecule has 0 saturated heterocycles. The van der Waals surface area contributed by atoms with E-state index in [0.717, 1.165) is 28.0 Å². The molecule has 0 fully saturated rings. The molecule has 27 heavy (non-hydrogen) atoms. The Morgan fingerprint density at radius 1 is 1.19 bits per heavy atom. The zero-order valence-electron chi connectivity index (χ0n) is 13.9. The number of aryl methyl sites for hydroxylation is 1. The quantitative estimate of drug-likeness (QED) is 0.605. The van der Waals surface area contributed by atoms with E-state index in [1.807, 2.05) is 6.92 Å². The first-order valence-corrected chi connectivity index (χ1v) is 8.62. The van der Waals surface area contributed by atoms with Crippen LogP contribution in [0, 0.1) is 6.92 Å². The third kappa shape index (κ3) is 4.20. The van der Waals surface area contributed by atoms with Crippen LogP contribution < -0.4 is 21.9 Å². The lowest BCUT2D eigenvalue weighted by molar-refractivity contribution is -0.135. The van der Waals surface area contributed by atoms with Gasteiger partial charge in [-0.2, -0.15) is 4.99 Å². The van der Waals surface area contributed by atoms with Crippen molar-refractivity contribution >= 4 is 40.5 Å². The summed E-state index contributed by atoms with van der Waals surface area (Å²) in [5, 5.41) is 4.72. The van der Waals surface area contributed by atoms with Crippen LogP contribution in [0.4, 0.5) is 5.82 Å². The summed E-state index contributed by atoms with van der Waals surface area (Å²) in [7, 11) is 0. The van der Waals surface area contributed by atoms with E-state index < -0.39 is 29.0 Å². The number of hydrogen-bond acceptors (Lipinski definition) is 6. The molecule has 1 aliphatic rings. The van der Waals surface area contributed by atoms with Crippen molar-refractivity contribution in [2.45, 2.75) is 6.92 Å². The fourth-order valence-electron chi connectivity index (χ4n) is 2.24. The summed E-state index contributed by atoms with van der Waals surface area (Å²) in [6.45, 7) is 1.88. The standard InChI is InChI=1S/C16H13N5O5S/c1-8-2-4-9(5-3-8)21-10(6-11(22)18-16(21)26)17-12(23)7-27-15-19-13(24)14(25)20-15/h2-6H,7H2,1H3,(H,17,23)(H,18,22,26)(H,19,20,24,25). The zero-order chi connectivity index (χ0) is 19.6. The first kappa shape index (κ1) is 18.3. The summed E-state index contributed by atoms with van der Waals surface area (Å²) in [6.07, 6.45) is 0. The zero-order valence-corrected chi connectivity index (χ0v) is 14.8. The molecule has 1 aliphatic heterocycles. The molecule has 3 amide bonds. The maximum Gasteiger partial charge on any atom is 0.337 e. The molecule has 0 saturated carbocycles. The highest BCUT2D eigenvalue weighted by Gasteiger charge is 2.24. The number of carbonyl (C=O) groups excluding carboxylic acids is 3. The number of benzene rings is 1. The minimum Gasteiger partial charge on any atom is -0.311 e. The molecule has 0 bridgehead atoms. The Kier molecular flexibility index (Phi) is 5.03. The number of amidine groups is 1. The van der Waals surface area contributed by atoms with Gasteiger partial charge >= 0.3 is 17.5 Å². The van der Waals surface area contributed by atoms with Crippen molar-refractivity contribution in [2.75, 3.05) is 11.1 Å². The Bertz CT molecular complexity index is 1080. The average molecular weight is 387 g/mol. The molecule has 0 unspecified atom stereocenters. The molecule has 1 aromatic carbocycles. The summed E-state index contributed by atoms with van der Waals surface area (Å²) in [4.78, 5) is 63.7. The number of rotatable bonds is 4. The van der Waals surface area contributed by atoms with E-state index in [-0.39, 0.29) is 16.7 Å². The Morgan fingerprint density at radius 2 is 1.89 bits per heavy atom. The van der Waals surface area contributed by atoms with E-state index in [2.05, 4.69) is 20.6 Å². The number of carbonyl (C=O) groups is 3. The number of nitrogens with one attached hydrogen (secondary N) is 3. The van der Waals surface area contributed by atoms with Crippen LogP contribution in [-0.4, -0.2) is 38.2 Å². The number of nitrogens with zero attached hydrogens (tertiary/aromatic N) is 2. The summed E-state index contributed by atoms with van der Waals surface area (Å²) in [6, 6.07) is 8.00. The molecule has 3 N–H and O–H groups in total. The molecule has 0 aliphatic carbocycles. The van der Waals surface area contributed by atoms with Gasteiger partial charge in [-0.3, -0.25) is 29.5 Å². The fourth-order valence-corrected chi connectivity index (χ4v) is 2.89. The van der Waals surface area contributed by atoms with Gasteiger partial charge in [0.05, 0.1) is 11.4 Å². The molecule has 138 valence electrons. The number of aliphatic imine (C=N–C) groups is 1. The van der Waals surface area contributed by atoms with Crippen LogP contribution in [0.3, 0.4) is 0 Å². The highest BCUT2D eigenvalue weighted by molar-refractivity contribution is 8.14. The maximum absolute atomic E-state index is 12.2. The van der Waals surface area contributed by atoms with Crippen LogP contribution in [0.25, 0.3) is 5.69 Å². The second-order valence-corrected chi connectivity index (χ2v) is 6.47. The fraction of sp³-hybridized carbons (Fsp3) is 0.125. The number of aromatic nitrogens is 2. The second kappa shape index (κ2) is 7.41. The molecule has 2 heterocycles. The van der Waals surface area contributed by atoms with Gasteiger partial charge in [0.2, 0.25) is 5.91 Å². The minimum atomic E-state index is -0.930. The Balaban J connectivity index is 1.81. The van der Waals surface area contributed by atoms with Crippen molar-refractivity contribution in [3.63, 3.8) is 0 Å². The number of amides is 3. The van der Waals surface area contributed by atoms with Crippen molar-refractivity contribution < 1.29 is 14.4 Å². The molecule has 10 nitrogen and oxygen atoms in total. The van der Waals surface area contributed by atoms with Gasteiger partial charge in [0.25, 0.3) is 5.56 Å². The van der Waals surface area contributed by atoms with Gasteiger partial charge in [-0.05, 0) is 19.1 Å². The molecule has 2 aromatic rings. The lowest BCUT2D eigenvalue weighted by atomic mass is 10.2. The van der Waals surface area contributed by atoms with Crippen molar-refractivity contribution in [1.29, 1.82) is 0 Å². The lowest BCUT2D eigenvalue weighted by Crippen LogP contribution is -2.32. The van der Waals surface area contributed by atoms with Gasteiger partial charge in [0, 0.05) is 6.07 Å². The lowest BCUT2D eigenvalue weighted by Gasteiger charge is -2.13. The normalized spacial score (nSPS) is 13.3. The van der Waals surface area contributed by atoms with Gasteiger partial charge in [-0.1, -0.05) is 29.5 Å². The van der Waals surface area contributed by atoms with E-state index in [1.54, 1.807) is 24.3 Å². The van der Waals surface area contributed by atoms with Gasteiger partial charge in [-0.15, -0.1) is 0 Å². The molecule has 1 aromatic heterocycles. The summed E-state index contributed by atoms with van der Waals surface area (Å²) < 4.78 is 1.15. The van der Waals surface area contributed by atoms with Crippen molar-refractivity contribution in [2.24, 2.45) is 4.99 Å². The summed E-state index contributed by atoms with van der Waals surface area (Å²) >= 11 is 0.843. The number of aromatic amines is 1. The van der Waals surface area contributed by atoms with Crippen LogP contribution in [-0.2, 0) is 14.4 Å². The third-order valence-electron chi connectivity index (χ3n) is 3.46. The van der Waals surface area contributed by atoms with Crippen LogP contribution in [0.15, 0.2) is 44.9 Å². The maximum atomic E-state index is 12.2. The van der Waals surface area contributed by atoms with Gasteiger partial charge in [-0.25, -0.2) is 9.36 Å². The van der Waals surface area contributed by atoms with E-state index in [0.29, 0.717) is 5.69 Å². The number of H-pyrrole nitrogens is 1. The average Bonchev–Trinajstić information content (AvgIpc) is 2.92. The Hall–Kier alpha value is -3.47. The molecule has 3 rings (SSSR count). The van der Waals surface area contributed by atoms with E-state index in [4.69, 9.17) is 0 Å². The highest BCUT2D eigenvalue weighted by Crippen LogP contribution is 2.13. The predicted molar refractivity (Wildman–Crippen MR) is 99.1 cm³/mol. The van der Waals surface area contributed by atoms with Crippen LogP contribution in [0.1, 0.15) is 5.56 Å².